The van der Waals surface area contributed by atoms with Crippen LogP contribution in [0.15, 0.2) is 48.7 Å². The third-order valence-electron chi connectivity index (χ3n) is 3.48. The van der Waals surface area contributed by atoms with E-state index in [1.165, 1.54) is 0 Å². The topological polar surface area (TPSA) is 47.9 Å². The first kappa shape index (κ1) is 13.8. The highest BCUT2D eigenvalue weighted by Crippen LogP contribution is 2.27. The first-order valence-electron chi connectivity index (χ1n) is 7.16. The lowest BCUT2D eigenvalue weighted by Crippen LogP contribution is -1.86. The van der Waals surface area contributed by atoms with Gasteiger partial charge >= 0.3 is 0 Å². The molecular formula is C18H13N3OS. The Morgan fingerprint density at radius 2 is 1.83 bits per heavy atom. The minimum absolute atomic E-state index is 0.820. The summed E-state index contributed by atoms with van der Waals surface area (Å²) in [5, 5.41) is 0.934. The molecule has 0 bridgehead atoms. The van der Waals surface area contributed by atoms with E-state index in [0.29, 0.717) is 0 Å². The molecule has 112 valence electrons. The van der Waals surface area contributed by atoms with Gasteiger partial charge in [-0.05, 0) is 42.5 Å². The molecular weight excluding hydrogens is 306 g/mol. The molecule has 2 heterocycles. The van der Waals surface area contributed by atoms with Crippen LogP contribution >= 0.6 is 11.3 Å². The van der Waals surface area contributed by atoms with Crippen molar-refractivity contribution >= 4 is 44.7 Å². The van der Waals surface area contributed by atoms with E-state index in [9.17, 15) is 0 Å². The Bertz CT molecular complexity index is 1020. The highest BCUT2D eigenvalue weighted by Gasteiger charge is 2.03. The van der Waals surface area contributed by atoms with Crippen LogP contribution in [-0.2, 0) is 0 Å². The first-order chi connectivity index (χ1) is 11.3. The normalized spacial score (nSPS) is 11.5. The molecule has 0 amide bonds. The van der Waals surface area contributed by atoms with Crippen LogP contribution in [-0.4, -0.2) is 22.1 Å². The minimum Gasteiger partial charge on any atom is -0.497 e. The van der Waals surface area contributed by atoms with E-state index >= 15 is 0 Å². The van der Waals surface area contributed by atoms with Gasteiger partial charge in [-0.25, -0.2) is 9.97 Å². The molecule has 4 rings (SSSR count). The monoisotopic (exact) mass is 319 g/mol. The van der Waals surface area contributed by atoms with Gasteiger partial charge in [0, 0.05) is 0 Å². The first-order valence-corrected chi connectivity index (χ1v) is 7.98. The second kappa shape index (κ2) is 5.78. The molecule has 23 heavy (non-hydrogen) atoms. The van der Waals surface area contributed by atoms with Gasteiger partial charge in [-0.2, -0.15) is 0 Å². The maximum absolute atomic E-state index is 5.24. The van der Waals surface area contributed by atoms with Gasteiger partial charge < -0.3 is 4.74 Å². The zero-order chi connectivity index (χ0) is 15.6. The highest BCUT2D eigenvalue weighted by molar-refractivity contribution is 7.19. The van der Waals surface area contributed by atoms with Crippen molar-refractivity contribution in [2.75, 3.05) is 7.11 Å². The molecule has 0 saturated heterocycles. The van der Waals surface area contributed by atoms with Gasteiger partial charge in [-0.3, -0.25) is 4.98 Å². The smallest absolute Gasteiger partial charge is 0.120 e. The van der Waals surface area contributed by atoms with Crippen LogP contribution in [0, 0.1) is 0 Å². The van der Waals surface area contributed by atoms with Gasteiger partial charge in [0.1, 0.15) is 10.8 Å². The molecule has 0 N–H and O–H groups in total. The molecule has 2 aromatic carbocycles. The molecule has 0 atom stereocenters. The van der Waals surface area contributed by atoms with Gasteiger partial charge in [0.25, 0.3) is 0 Å². The lowest BCUT2D eigenvalue weighted by molar-refractivity contribution is 0.415. The Hall–Kier alpha value is -2.79. The second-order valence-electron chi connectivity index (χ2n) is 5.00. The Balaban J connectivity index is 1.66. The number of fused-ring (bicyclic) bond motifs is 2. The van der Waals surface area contributed by atoms with Crippen molar-refractivity contribution in [3.05, 3.63) is 59.4 Å². The van der Waals surface area contributed by atoms with Gasteiger partial charge in [-0.1, -0.05) is 12.1 Å². The summed E-state index contributed by atoms with van der Waals surface area (Å²) in [7, 11) is 1.67. The Kier molecular flexibility index (Phi) is 3.48. The van der Waals surface area contributed by atoms with Crippen LogP contribution in [0.5, 0.6) is 5.75 Å². The zero-order valence-electron chi connectivity index (χ0n) is 12.4. The summed E-state index contributed by atoms with van der Waals surface area (Å²) in [6.07, 6.45) is 5.68. The molecule has 0 radical (unpaired) electrons. The number of hydrogen-bond donors (Lipinski definition) is 0. The molecule has 4 nitrogen and oxygen atoms in total. The fraction of sp³-hybridized carbons (Fsp3) is 0.0556. The molecule has 0 aliphatic heterocycles. The summed E-state index contributed by atoms with van der Waals surface area (Å²) >= 11 is 1.62. The predicted octanol–water partition coefficient (Wildman–Crippen LogP) is 4.42. The van der Waals surface area contributed by atoms with Crippen molar-refractivity contribution < 1.29 is 4.74 Å². The van der Waals surface area contributed by atoms with Gasteiger partial charge in [0.2, 0.25) is 0 Å². The summed E-state index contributed by atoms with van der Waals surface area (Å²) in [6, 6.07) is 13.7. The van der Waals surface area contributed by atoms with Crippen molar-refractivity contribution in [1.29, 1.82) is 0 Å². The van der Waals surface area contributed by atoms with Gasteiger partial charge in [-0.15, -0.1) is 11.3 Å². The average molecular weight is 319 g/mol. The molecule has 2 aromatic heterocycles. The number of nitrogens with zero attached hydrogens (tertiary/aromatic N) is 3. The van der Waals surface area contributed by atoms with E-state index < -0.39 is 0 Å². The molecule has 0 saturated carbocycles. The number of ether oxygens (including phenoxy) is 1. The lowest BCUT2D eigenvalue weighted by atomic mass is 10.3. The molecule has 4 aromatic rings. The van der Waals surface area contributed by atoms with Crippen molar-refractivity contribution in [2.24, 2.45) is 0 Å². The van der Waals surface area contributed by atoms with E-state index in [0.717, 1.165) is 37.7 Å². The second-order valence-corrected chi connectivity index (χ2v) is 6.06. The molecule has 0 aliphatic carbocycles. The van der Waals surface area contributed by atoms with Crippen LogP contribution in [0.2, 0.25) is 0 Å². The summed E-state index contributed by atoms with van der Waals surface area (Å²) in [5.41, 5.74) is 3.58. The van der Waals surface area contributed by atoms with Crippen molar-refractivity contribution in [3.63, 3.8) is 0 Å². The fourth-order valence-electron chi connectivity index (χ4n) is 2.33. The molecule has 0 aliphatic rings. The van der Waals surface area contributed by atoms with Crippen molar-refractivity contribution in [1.82, 2.24) is 15.0 Å². The SMILES string of the molecule is COc1ccc2nc(/C=C/c3cnc4ccccc4n3)sc2c1. The van der Waals surface area contributed by atoms with Crippen LogP contribution in [0.25, 0.3) is 33.4 Å². The third-order valence-corrected chi connectivity index (χ3v) is 4.46. The number of rotatable bonds is 3. The van der Waals surface area contributed by atoms with E-state index in [1.54, 1.807) is 24.6 Å². The van der Waals surface area contributed by atoms with Gasteiger partial charge in [0.05, 0.1) is 40.3 Å². The van der Waals surface area contributed by atoms with E-state index in [1.807, 2.05) is 54.6 Å². The Morgan fingerprint density at radius 1 is 0.957 bits per heavy atom. The number of aromatic nitrogens is 3. The predicted molar refractivity (Wildman–Crippen MR) is 94.6 cm³/mol. The Labute approximate surface area is 137 Å². The largest absolute Gasteiger partial charge is 0.497 e. The molecule has 0 fully saturated rings. The number of hydrogen-bond acceptors (Lipinski definition) is 5. The molecule has 5 heteroatoms. The third kappa shape index (κ3) is 2.78. The number of benzene rings is 2. The average Bonchev–Trinajstić information content (AvgIpc) is 3.01. The lowest BCUT2D eigenvalue weighted by Gasteiger charge is -1.96. The van der Waals surface area contributed by atoms with Crippen molar-refractivity contribution in [2.45, 2.75) is 0 Å². The maximum atomic E-state index is 5.24. The quantitative estimate of drug-likeness (QED) is 0.561. The maximum Gasteiger partial charge on any atom is 0.120 e. The molecule has 0 unspecified atom stereocenters. The van der Waals surface area contributed by atoms with E-state index in [2.05, 4.69) is 15.0 Å². The van der Waals surface area contributed by atoms with E-state index in [4.69, 9.17) is 4.74 Å². The summed E-state index contributed by atoms with van der Waals surface area (Å²) < 4.78 is 6.35. The highest BCUT2D eigenvalue weighted by atomic mass is 32.1. The van der Waals surface area contributed by atoms with Gasteiger partial charge in [0.15, 0.2) is 0 Å². The number of thiazole rings is 1. The number of methoxy groups -OCH3 is 1. The summed E-state index contributed by atoms with van der Waals surface area (Å²) in [5.74, 6) is 0.845. The number of para-hydroxylation sites is 2. The summed E-state index contributed by atoms with van der Waals surface area (Å²) in [4.78, 5) is 13.6. The minimum atomic E-state index is 0.820. The van der Waals surface area contributed by atoms with Crippen LogP contribution in [0.1, 0.15) is 10.7 Å². The zero-order valence-corrected chi connectivity index (χ0v) is 13.2. The van der Waals surface area contributed by atoms with Crippen LogP contribution in [0.4, 0.5) is 0 Å². The van der Waals surface area contributed by atoms with Crippen molar-refractivity contribution in [3.8, 4) is 5.75 Å². The standard InChI is InChI=1S/C18H13N3OS/c1-22-13-7-8-16-17(10-13)23-18(21-16)9-6-12-11-19-14-4-2-3-5-15(14)20-12/h2-11H,1H3/b9-6+. The molecule has 0 spiro atoms. The van der Waals surface area contributed by atoms with Crippen LogP contribution < -0.4 is 4.74 Å². The van der Waals surface area contributed by atoms with Crippen LogP contribution in [0.3, 0.4) is 0 Å². The van der Waals surface area contributed by atoms with E-state index in [-0.39, 0.29) is 0 Å². The Morgan fingerprint density at radius 3 is 2.70 bits per heavy atom. The fourth-order valence-corrected chi connectivity index (χ4v) is 3.23. The summed E-state index contributed by atoms with van der Waals surface area (Å²) in [6.45, 7) is 0.